The van der Waals surface area contributed by atoms with E-state index in [0.29, 0.717) is 6.54 Å². The molecular formula is C17H23N3. The standard InChI is InChI=1S/C17H23N3/c1-13-7-10-20(11-8-13)17-15(6-9-18)12-14-4-2-3-5-16(14)19-17/h2-5,12-13H,6-11,18H2,1H3. The summed E-state index contributed by atoms with van der Waals surface area (Å²) in [6.07, 6.45) is 3.42. The van der Waals surface area contributed by atoms with E-state index in [1.165, 1.54) is 23.8 Å². The van der Waals surface area contributed by atoms with Crippen molar-refractivity contribution in [2.75, 3.05) is 24.5 Å². The summed E-state index contributed by atoms with van der Waals surface area (Å²) in [4.78, 5) is 7.35. The van der Waals surface area contributed by atoms with Crippen LogP contribution in [-0.4, -0.2) is 24.6 Å². The third kappa shape index (κ3) is 2.63. The number of rotatable bonds is 3. The van der Waals surface area contributed by atoms with Crippen LogP contribution in [0.3, 0.4) is 0 Å². The van der Waals surface area contributed by atoms with Crippen molar-refractivity contribution in [3.05, 3.63) is 35.9 Å². The van der Waals surface area contributed by atoms with Crippen molar-refractivity contribution in [1.29, 1.82) is 0 Å². The molecule has 3 nitrogen and oxygen atoms in total. The Bertz CT molecular complexity index is 586. The number of anilines is 1. The number of benzene rings is 1. The molecule has 0 unspecified atom stereocenters. The minimum Gasteiger partial charge on any atom is -0.356 e. The molecule has 2 heterocycles. The van der Waals surface area contributed by atoms with E-state index >= 15 is 0 Å². The van der Waals surface area contributed by atoms with Crippen molar-refractivity contribution >= 4 is 16.7 Å². The average Bonchev–Trinajstić information content (AvgIpc) is 2.48. The molecule has 1 aromatic carbocycles. The zero-order valence-corrected chi connectivity index (χ0v) is 12.2. The van der Waals surface area contributed by atoms with Crippen LogP contribution in [0, 0.1) is 5.92 Å². The fraction of sp³-hybridized carbons (Fsp3) is 0.471. The van der Waals surface area contributed by atoms with E-state index in [1.54, 1.807) is 0 Å². The van der Waals surface area contributed by atoms with E-state index in [1.807, 2.05) is 0 Å². The predicted molar refractivity (Wildman–Crippen MR) is 85.1 cm³/mol. The Morgan fingerprint density at radius 1 is 1.25 bits per heavy atom. The number of aromatic nitrogens is 1. The smallest absolute Gasteiger partial charge is 0.132 e. The highest BCUT2D eigenvalue weighted by Gasteiger charge is 2.19. The highest BCUT2D eigenvalue weighted by atomic mass is 15.2. The summed E-state index contributed by atoms with van der Waals surface area (Å²) in [6.45, 7) is 5.25. The first kappa shape index (κ1) is 13.4. The highest BCUT2D eigenvalue weighted by molar-refractivity contribution is 5.81. The summed E-state index contributed by atoms with van der Waals surface area (Å²) >= 11 is 0. The number of pyridine rings is 1. The Hall–Kier alpha value is -1.61. The van der Waals surface area contributed by atoms with Crippen molar-refractivity contribution in [3.8, 4) is 0 Å². The molecule has 1 aromatic heterocycles. The highest BCUT2D eigenvalue weighted by Crippen LogP contribution is 2.27. The maximum atomic E-state index is 5.78. The van der Waals surface area contributed by atoms with Gasteiger partial charge >= 0.3 is 0 Å². The summed E-state index contributed by atoms with van der Waals surface area (Å²) in [5.41, 5.74) is 8.16. The molecule has 0 aliphatic carbocycles. The SMILES string of the molecule is CC1CCN(c2nc3ccccc3cc2CCN)CC1. The van der Waals surface area contributed by atoms with Gasteiger partial charge in [-0.1, -0.05) is 25.1 Å². The molecule has 0 atom stereocenters. The van der Waals surface area contributed by atoms with Crippen molar-refractivity contribution in [3.63, 3.8) is 0 Å². The van der Waals surface area contributed by atoms with E-state index in [2.05, 4.69) is 42.2 Å². The molecule has 0 bridgehead atoms. The minimum atomic E-state index is 0.678. The minimum absolute atomic E-state index is 0.678. The molecule has 0 saturated carbocycles. The van der Waals surface area contributed by atoms with Gasteiger partial charge in [0.05, 0.1) is 5.52 Å². The molecule has 0 spiro atoms. The molecule has 0 radical (unpaired) electrons. The summed E-state index contributed by atoms with van der Waals surface area (Å²) in [5, 5.41) is 1.21. The van der Waals surface area contributed by atoms with Crippen molar-refractivity contribution < 1.29 is 0 Å². The second kappa shape index (κ2) is 5.80. The zero-order valence-electron chi connectivity index (χ0n) is 12.2. The lowest BCUT2D eigenvalue weighted by molar-refractivity contribution is 0.436. The number of hydrogen-bond donors (Lipinski definition) is 1. The second-order valence-corrected chi connectivity index (χ2v) is 5.87. The first-order valence-corrected chi connectivity index (χ1v) is 7.61. The molecular weight excluding hydrogens is 246 g/mol. The van der Waals surface area contributed by atoms with Crippen LogP contribution >= 0.6 is 0 Å². The van der Waals surface area contributed by atoms with Gasteiger partial charge in [-0.25, -0.2) is 4.98 Å². The molecule has 3 heteroatoms. The second-order valence-electron chi connectivity index (χ2n) is 5.87. The maximum absolute atomic E-state index is 5.78. The molecule has 2 N–H and O–H groups in total. The van der Waals surface area contributed by atoms with Gasteiger partial charge in [0.1, 0.15) is 5.82 Å². The average molecular weight is 269 g/mol. The van der Waals surface area contributed by atoms with Crippen LogP contribution in [0.25, 0.3) is 10.9 Å². The van der Waals surface area contributed by atoms with Crippen LogP contribution in [0.4, 0.5) is 5.82 Å². The summed E-state index contributed by atoms with van der Waals surface area (Å²) in [6, 6.07) is 10.6. The molecule has 1 fully saturated rings. The third-order valence-electron chi connectivity index (χ3n) is 4.28. The number of nitrogens with two attached hydrogens (primary N) is 1. The molecule has 2 aromatic rings. The van der Waals surface area contributed by atoms with E-state index in [0.717, 1.165) is 36.8 Å². The number of hydrogen-bond acceptors (Lipinski definition) is 3. The zero-order chi connectivity index (χ0) is 13.9. The van der Waals surface area contributed by atoms with Gasteiger partial charge in [-0.05, 0) is 49.4 Å². The van der Waals surface area contributed by atoms with Crippen molar-refractivity contribution in [2.24, 2.45) is 11.7 Å². The monoisotopic (exact) mass is 269 g/mol. The van der Waals surface area contributed by atoms with E-state index in [-0.39, 0.29) is 0 Å². The maximum Gasteiger partial charge on any atom is 0.132 e. The number of piperidine rings is 1. The number of nitrogens with zero attached hydrogens (tertiary/aromatic N) is 2. The van der Waals surface area contributed by atoms with Gasteiger partial charge in [-0.15, -0.1) is 0 Å². The molecule has 0 amide bonds. The quantitative estimate of drug-likeness (QED) is 0.931. The Morgan fingerprint density at radius 2 is 2.00 bits per heavy atom. The lowest BCUT2D eigenvalue weighted by Crippen LogP contribution is -2.34. The van der Waals surface area contributed by atoms with Gasteiger partial charge in [0, 0.05) is 18.5 Å². The summed E-state index contributed by atoms with van der Waals surface area (Å²) < 4.78 is 0. The summed E-state index contributed by atoms with van der Waals surface area (Å²) in [7, 11) is 0. The summed E-state index contributed by atoms with van der Waals surface area (Å²) in [5.74, 6) is 1.99. The first-order valence-electron chi connectivity index (χ1n) is 7.61. The van der Waals surface area contributed by atoms with Crippen LogP contribution in [0.1, 0.15) is 25.3 Å². The molecule has 1 saturated heterocycles. The number of fused-ring (bicyclic) bond motifs is 1. The lowest BCUT2D eigenvalue weighted by Gasteiger charge is -2.32. The van der Waals surface area contributed by atoms with E-state index < -0.39 is 0 Å². The van der Waals surface area contributed by atoms with Gasteiger partial charge in [0.2, 0.25) is 0 Å². The molecule has 3 rings (SSSR count). The Kier molecular flexibility index (Phi) is 3.88. The fourth-order valence-electron chi connectivity index (χ4n) is 2.98. The van der Waals surface area contributed by atoms with Crippen LogP contribution in [0.5, 0.6) is 0 Å². The van der Waals surface area contributed by atoms with Gasteiger partial charge in [-0.2, -0.15) is 0 Å². The normalized spacial score (nSPS) is 16.8. The van der Waals surface area contributed by atoms with Crippen molar-refractivity contribution in [1.82, 2.24) is 4.98 Å². The van der Waals surface area contributed by atoms with E-state index in [9.17, 15) is 0 Å². The predicted octanol–water partition coefficient (Wildman–Crippen LogP) is 2.97. The molecule has 20 heavy (non-hydrogen) atoms. The molecule has 1 aliphatic rings. The first-order chi connectivity index (χ1) is 9.78. The lowest BCUT2D eigenvalue weighted by atomic mass is 9.98. The van der Waals surface area contributed by atoms with Gasteiger partial charge in [0.25, 0.3) is 0 Å². The Balaban J connectivity index is 2.00. The Labute approximate surface area is 120 Å². The van der Waals surface area contributed by atoms with Crippen molar-refractivity contribution in [2.45, 2.75) is 26.2 Å². The third-order valence-corrected chi connectivity index (χ3v) is 4.28. The van der Waals surface area contributed by atoms with Gasteiger partial charge in [0.15, 0.2) is 0 Å². The molecule has 1 aliphatic heterocycles. The Morgan fingerprint density at radius 3 is 2.75 bits per heavy atom. The largest absolute Gasteiger partial charge is 0.356 e. The fourth-order valence-corrected chi connectivity index (χ4v) is 2.98. The van der Waals surface area contributed by atoms with Gasteiger partial charge in [-0.3, -0.25) is 0 Å². The van der Waals surface area contributed by atoms with Crippen LogP contribution in [0.2, 0.25) is 0 Å². The van der Waals surface area contributed by atoms with Crippen LogP contribution in [0.15, 0.2) is 30.3 Å². The van der Waals surface area contributed by atoms with Gasteiger partial charge < -0.3 is 10.6 Å². The topological polar surface area (TPSA) is 42.2 Å². The molecule has 106 valence electrons. The number of para-hydroxylation sites is 1. The van der Waals surface area contributed by atoms with Crippen LogP contribution < -0.4 is 10.6 Å². The van der Waals surface area contributed by atoms with E-state index in [4.69, 9.17) is 10.7 Å². The van der Waals surface area contributed by atoms with Crippen LogP contribution in [-0.2, 0) is 6.42 Å².